The van der Waals surface area contributed by atoms with E-state index in [1.165, 1.54) is 24.3 Å². The van der Waals surface area contributed by atoms with E-state index in [4.69, 9.17) is 0 Å². The van der Waals surface area contributed by atoms with Crippen LogP contribution in [0.25, 0.3) is 0 Å². The molecule has 3 N–H and O–H groups in total. The van der Waals surface area contributed by atoms with Crippen LogP contribution in [0.4, 0.5) is 5.69 Å². The van der Waals surface area contributed by atoms with Gasteiger partial charge in [0.15, 0.2) is 0 Å². The molecule has 140 valence electrons. The third-order valence-corrected chi connectivity index (χ3v) is 5.77. The van der Waals surface area contributed by atoms with Gasteiger partial charge in [0.05, 0.1) is 4.90 Å². The van der Waals surface area contributed by atoms with Gasteiger partial charge in [0.1, 0.15) is 11.9 Å². The summed E-state index contributed by atoms with van der Waals surface area (Å²) in [6.45, 7) is 0.639. The van der Waals surface area contributed by atoms with Crippen LogP contribution in [0.1, 0.15) is 38.5 Å². The fourth-order valence-electron chi connectivity index (χ4n) is 2.93. The van der Waals surface area contributed by atoms with Gasteiger partial charge in [-0.05, 0) is 43.5 Å². The highest BCUT2D eigenvalue weighted by molar-refractivity contribution is 7.90. The summed E-state index contributed by atoms with van der Waals surface area (Å²) in [7, 11) is -3.69. The number of hydrogen-bond donors (Lipinski definition) is 3. The van der Waals surface area contributed by atoms with Crippen molar-refractivity contribution in [3.8, 4) is 0 Å². The Morgan fingerprint density at radius 1 is 1.12 bits per heavy atom. The van der Waals surface area contributed by atoms with Crippen molar-refractivity contribution in [2.24, 2.45) is 4.99 Å². The molecule has 1 atom stereocenters. The van der Waals surface area contributed by atoms with Crippen molar-refractivity contribution in [1.29, 1.82) is 0 Å². The van der Waals surface area contributed by atoms with Gasteiger partial charge in [0.2, 0.25) is 11.8 Å². The van der Waals surface area contributed by atoms with Crippen LogP contribution in [-0.4, -0.2) is 38.7 Å². The first-order chi connectivity index (χ1) is 12.4. The second-order valence-electron chi connectivity index (χ2n) is 6.42. The van der Waals surface area contributed by atoms with E-state index in [0.29, 0.717) is 37.3 Å². The number of nitrogens with zero attached hydrogens (tertiary/aromatic N) is 1. The third kappa shape index (κ3) is 4.60. The fraction of sp³-hybridized carbons (Fsp3) is 0.471. The number of aliphatic imine (C=N–C) groups is 1. The van der Waals surface area contributed by atoms with E-state index < -0.39 is 16.1 Å². The molecular weight excluding hydrogens is 356 g/mol. The van der Waals surface area contributed by atoms with E-state index in [2.05, 4.69) is 20.3 Å². The predicted octanol–water partition coefficient (Wildman–Crippen LogP) is 1.15. The lowest BCUT2D eigenvalue weighted by Gasteiger charge is -2.12. The molecule has 3 rings (SSSR count). The Morgan fingerprint density at radius 2 is 1.88 bits per heavy atom. The third-order valence-electron chi connectivity index (χ3n) is 4.37. The summed E-state index contributed by atoms with van der Waals surface area (Å²) in [6, 6.07) is 5.38. The maximum absolute atomic E-state index is 12.5. The Balaban J connectivity index is 1.63. The first-order valence-electron chi connectivity index (χ1n) is 8.70. The number of carbonyl (C=O) groups excluding carboxylic acids is 2. The van der Waals surface area contributed by atoms with Gasteiger partial charge in [-0.15, -0.1) is 0 Å². The maximum atomic E-state index is 12.5. The molecule has 0 spiro atoms. The average molecular weight is 378 g/mol. The van der Waals surface area contributed by atoms with Gasteiger partial charge in [0.25, 0.3) is 10.0 Å². The number of benzene rings is 1. The van der Waals surface area contributed by atoms with Crippen molar-refractivity contribution < 1.29 is 18.0 Å². The van der Waals surface area contributed by atoms with Crippen molar-refractivity contribution in [3.05, 3.63) is 24.3 Å². The summed E-state index contributed by atoms with van der Waals surface area (Å²) in [6.07, 6.45) is 4.37. The molecule has 2 amide bonds. The van der Waals surface area contributed by atoms with Crippen LogP contribution in [0.3, 0.4) is 0 Å². The van der Waals surface area contributed by atoms with Gasteiger partial charge < -0.3 is 10.6 Å². The van der Waals surface area contributed by atoms with Gasteiger partial charge in [-0.3, -0.25) is 19.3 Å². The van der Waals surface area contributed by atoms with Gasteiger partial charge in [0, 0.05) is 25.1 Å². The van der Waals surface area contributed by atoms with E-state index in [-0.39, 0.29) is 16.7 Å². The lowest BCUT2D eigenvalue weighted by Crippen LogP contribution is -2.37. The van der Waals surface area contributed by atoms with Crippen molar-refractivity contribution in [1.82, 2.24) is 10.0 Å². The van der Waals surface area contributed by atoms with E-state index in [9.17, 15) is 18.0 Å². The predicted molar refractivity (Wildman–Crippen MR) is 97.3 cm³/mol. The molecule has 0 radical (unpaired) electrons. The Labute approximate surface area is 152 Å². The first kappa shape index (κ1) is 18.4. The number of rotatable bonds is 4. The molecule has 9 heteroatoms. The maximum Gasteiger partial charge on any atom is 0.262 e. The average Bonchev–Trinajstić information content (AvgIpc) is 2.88. The Hall–Kier alpha value is -2.42. The second-order valence-corrected chi connectivity index (χ2v) is 8.10. The van der Waals surface area contributed by atoms with E-state index in [1.54, 1.807) is 0 Å². The largest absolute Gasteiger partial charge is 0.344 e. The molecule has 1 aromatic rings. The number of carbonyl (C=O) groups is 2. The molecule has 2 aliphatic rings. The topological polar surface area (TPSA) is 117 Å². The number of amidine groups is 1. The zero-order valence-corrected chi connectivity index (χ0v) is 15.1. The number of sulfonamides is 1. The highest BCUT2D eigenvalue weighted by Gasteiger charge is 2.27. The smallest absolute Gasteiger partial charge is 0.262 e. The van der Waals surface area contributed by atoms with Gasteiger partial charge in [-0.1, -0.05) is 6.42 Å². The zero-order chi connectivity index (χ0) is 18.6. The molecule has 0 aliphatic carbocycles. The minimum absolute atomic E-state index is 0.108. The summed E-state index contributed by atoms with van der Waals surface area (Å²) in [5, 5.41) is 5.27. The molecule has 26 heavy (non-hydrogen) atoms. The van der Waals surface area contributed by atoms with Crippen molar-refractivity contribution in [2.45, 2.75) is 49.5 Å². The molecule has 1 fully saturated rings. The van der Waals surface area contributed by atoms with Crippen LogP contribution in [0.5, 0.6) is 0 Å². The van der Waals surface area contributed by atoms with Crippen molar-refractivity contribution in [3.63, 3.8) is 0 Å². The lowest BCUT2D eigenvalue weighted by atomic mass is 10.2. The molecule has 0 aromatic heterocycles. The van der Waals surface area contributed by atoms with Gasteiger partial charge >= 0.3 is 0 Å². The molecular formula is C17H22N4O4S. The normalized spacial score (nSPS) is 20.7. The van der Waals surface area contributed by atoms with Crippen LogP contribution in [-0.2, 0) is 19.6 Å². The van der Waals surface area contributed by atoms with Crippen LogP contribution in [0.15, 0.2) is 34.2 Å². The lowest BCUT2D eigenvalue weighted by molar-refractivity contribution is -0.122. The summed E-state index contributed by atoms with van der Waals surface area (Å²) in [4.78, 5) is 27.6. The number of anilines is 1. The highest BCUT2D eigenvalue weighted by atomic mass is 32.2. The quantitative estimate of drug-likeness (QED) is 0.729. The first-order valence-corrected chi connectivity index (χ1v) is 10.2. The van der Waals surface area contributed by atoms with Crippen molar-refractivity contribution in [2.75, 3.05) is 11.9 Å². The number of hydrogen-bond acceptors (Lipinski definition) is 5. The van der Waals surface area contributed by atoms with Crippen molar-refractivity contribution >= 4 is 33.4 Å². The van der Waals surface area contributed by atoms with E-state index >= 15 is 0 Å². The Bertz CT molecular complexity index is 818. The van der Waals surface area contributed by atoms with Crippen LogP contribution >= 0.6 is 0 Å². The van der Waals surface area contributed by atoms with Crippen LogP contribution < -0.4 is 15.4 Å². The molecule has 2 aliphatic heterocycles. The minimum Gasteiger partial charge on any atom is -0.344 e. The Kier molecular flexibility index (Phi) is 5.55. The fourth-order valence-corrected chi connectivity index (χ4v) is 4.02. The number of nitrogens with one attached hydrogen (secondary N) is 3. The number of amides is 2. The molecule has 0 unspecified atom stereocenters. The molecule has 2 heterocycles. The van der Waals surface area contributed by atoms with E-state index in [1.807, 2.05) is 0 Å². The summed E-state index contributed by atoms with van der Waals surface area (Å²) in [5.41, 5.74) is 0.474. The highest BCUT2D eigenvalue weighted by Crippen LogP contribution is 2.16. The second kappa shape index (κ2) is 7.86. The Morgan fingerprint density at radius 3 is 2.58 bits per heavy atom. The van der Waals surface area contributed by atoms with Crippen LogP contribution in [0.2, 0.25) is 0 Å². The minimum atomic E-state index is -3.69. The van der Waals surface area contributed by atoms with Gasteiger partial charge in [-0.25, -0.2) is 8.42 Å². The molecule has 1 aromatic carbocycles. The summed E-state index contributed by atoms with van der Waals surface area (Å²) in [5.74, 6) is 0.0494. The summed E-state index contributed by atoms with van der Waals surface area (Å²) < 4.78 is 27.5. The molecule has 0 saturated carbocycles. The van der Waals surface area contributed by atoms with Crippen LogP contribution in [0, 0.1) is 0 Å². The standard InChI is InChI=1S/C17H22N4O4S/c22-16-10-9-14(20-16)17(23)19-12-5-7-13(8-6-12)26(24,25)21-15-4-2-1-3-11-18-15/h5-8,14H,1-4,9-11H2,(H,18,21)(H,19,23)(H,20,22)/t14-/m1/s1. The van der Waals surface area contributed by atoms with Gasteiger partial charge in [-0.2, -0.15) is 0 Å². The molecule has 8 nitrogen and oxygen atoms in total. The zero-order valence-electron chi connectivity index (χ0n) is 14.3. The summed E-state index contributed by atoms with van der Waals surface area (Å²) >= 11 is 0. The van der Waals surface area contributed by atoms with E-state index in [0.717, 1.165) is 19.3 Å². The molecule has 1 saturated heterocycles. The monoisotopic (exact) mass is 378 g/mol. The SMILES string of the molecule is O=C1CC[C@H](C(=O)Nc2ccc(S(=O)(=O)NC3=NCCCCC3)cc2)N1. The molecule has 0 bridgehead atoms.